The Hall–Kier alpha value is -2.74. The smallest absolute Gasteiger partial charge is 0.338 e. The van der Waals surface area contributed by atoms with Crippen molar-refractivity contribution in [1.29, 1.82) is 0 Å². The molecule has 8 heteroatoms. The van der Waals surface area contributed by atoms with E-state index in [1.54, 1.807) is 36.3 Å². The van der Waals surface area contributed by atoms with E-state index in [0.717, 1.165) is 17.7 Å². The zero-order chi connectivity index (χ0) is 19.6. The lowest BCUT2D eigenvalue weighted by Crippen LogP contribution is -2.53. The summed E-state index contributed by atoms with van der Waals surface area (Å²) in [5, 5.41) is 0. The third-order valence-corrected chi connectivity index (χ3v) is 5.56. The number of anilines is 1. The molecular weight excluding hydrogens is 366 g/mol. The molecule has 7 nitrogen and oxygen atoms in total. The minimum absolute atomic E-state index is 0.0532. The first-order chi connectivity index (χ1) is 13.0. The molecule has 1 amide bonds. The minimum Gasteiger partial charge on any atom is -0.465 e. The quantitative estimate of drug-likeness (QED) is 0.560. The molecule has 1 atom stereocenters. The van der Waals surface area contributed by atoms with Crippen LogP contribution in [0.4, 0.5) is 5.69 Å². The van der Waals surface area contributed by atoms with Gasteiger partial charge >= 0.3 is 5.97 Å². The van der Waals surface area contributed by atoms with Crippen LogP contribution in [0.2, 0.25) is 0 Å². The van der Waals surface area contributed by atoms with Gasteiger partial charge in [-0.1, -0.05) is 6.92 Å². The Morgan fingerprint density at radius 2 is 2.26 bits per heavy atom. The first-order valence-corrected chi connectivity index (χ1v) is 9.44. The van der Waals surface area contributed by atoms with Crippen molar-refractivity contribution in [1.82, 2.24) is 9.27 Å². The van der Waals surface area contributed by atoms with Crippen LogP contribution >= 0.6 is 11.5 Å². The summed E-state index contributed by atoms with van der Waals surface area (Å²) in [6.45, 7) is 2.74. The lowest BCUT2D eigenvalue weighted by Gasteiger charge is -2.41. The maximum atomic E-state index is 12.7. The fraction of sp³-hybridized carbons (Fsp3) is 0.368. The largest absolute Gasteiger partial charge is 0.465 e. The summed E-state index contributed by atoms with van der Waals surface area (Å²) < 4.78 is 8.95. The fourth-order valence-corrected chi connectivity index (χ4v) is 4.09. The molecule has 0 saturated heterocycles. The molecule has 27 heavy (non-hydrogen) atoms. The standard InChI is InChI=1S/C19H21N3O4S/c1-4-7-22(14-6-5-12(11-23)15(9-14)19(25)26-3)16-8-13-10-20-27-17(13)18(24)21(16)2/h5-6,9-11,16H,4,7-8H2,1-3H3. The highest BCUT2D eigenvalue weighted by Gasteiger charge is 2.35. The van der Waals surface area contributed by atoms with Crippen LogP contribution in [0.5, 0.6) is 0 Å². The molecule has 0 spiro atoms. The fourth-order valence-electron chi connectivity index (χ4n) is 3.33. The third kappa shape index (κ3) is 3.44. The highest BCUT2D eigenvalue weighted by molar-refractivity contribution is 7.08. The van der Waals surface area contributed by atoms with Crippen molar-refractivity contribution in [3.05, 3.63) is 46.0 Å². The van der Waals surface area contributed by atoms with E-state index in [1.807, 2.05) is 0 Å². The molecule has 1 aromatic heterocycles. The zero-order valence-electron chi connectivity index (χ0n) is 15.5. The van der Waals surface area contributed by atoms with Crippen LogP contribution in [0, 0.1) is 0 Å². The topological polar surface area (TPSA) is 79.8 Å². The summed E-state index contributed by atoms with van der Waals surface area (Å²) in [6.07, 6.45) is 3.69. The maximum Gasteiger partial charge on any atom is 0.338 e. The molecule has 3 rings (SSSR count). The molecule has 0 radical (unpaired) electrons. The van der Waals surface area contributed by atoms with Crippen molar-refractivity contribution in [2.45, 2.75) is 25.9 Å². The molecule has 0 N–H and O–H groups in total. The second kappa shape index (κ2) is 7.87. The van der Waals surface area contributed by atoms with E-state index in [0.29, 0.717) is 24.1 Å². The van der Waals surface area contributed by atoms with Gasteiger partial charge in [0.25, 0.3) is 5.91 Å². The Balaban J connectivity index is 2.02. The van der Waals surface area contributed by atoms with E-state index >= 15 is 0 Å². The van der Waals surface area contributed by atoms with E-state index in [-0.39, 0.29) is 23.2 Å². The first kappa shape index (κ1) is 19.0. The average molecular weight is 387 g/mol. The number of rotatable bonds is 6. The molecule has 0 bridgehead atoms. The number of nitrogens with zero attached hydrogens (tertiary/aromatic N) is 3. The first-order valence-electron chi connectivity index (χ1n) is 8.66. The number of methoxy groups -OCH3 is 1. The van der Waals surface area contributed by atoms with Crippen molar-refractivity contribution < 1.29 is 19.1 Å². The lowest BCUT2D eigenvalue weighted by molar-refractivity contribution is 0.0597. The van der Waals surface area contributed by atoms with Crippen molar-refractivity contribution in [2.24, 2.45) is 0 Å². The van der Waals surface area contributed by atoms with Crippen LogP contribution in [0.1, 0.15) is 49.3 Å². The number of hydrogen-bond donors (Lipinski definition) is 0. The average Bonchev–Trinajstić information content (AvgIpc) is 3.16. The van der Waals surface area contributed by atoms with Gasteiger partial charge in [0.2, 0.25) is 0 Å². The Labute approximate surface area is 161 Å². The summed E-state index contributed by atoms with van der Waals surface area (Å²) in [6, 6.07) is 5.07. The number of aldehydes is 1. The second-order valence-corrected chi connectivity index (χ2v) is 7.16. The summed E-state index contributed by atoms with van der Waals surface area (Å²) in [4.78, 5) is 40.5. The number of carbonyl (C=O) groups excluding carboxylic acids is 3. The van der Waals surface area contributed by atoms with Gasteiger partial charge in [0.1, 0.15) is 11.0 Å². The highest BCUT2D eigenvalue weighted by atomic mass is 32.1. The van der Waals surface area contributed by atoms with Crippen LogP contribution < -0.4 is 4.90 Å². The van der Waals surface area contributed by atoms with Gasteiger partial charge in [-0.25, -0.2) is 9.17 Å². The molecule has 1 aliphatic heterocycles. The Bertz CT molecular complexity index is 880. The molecule has 0 aliphatic carbocycles. The number of ether oxygens (including phenoxy) is 1. The number of esters is 1. The van der Waals surface area contributed by atoms with Gasteiger partial charge in [-0.05, 0) is 41.7 Å². The number of amides is 1. The predicted octanol–water partition coefficient (Wildman–Crippen LogP) is 2.61. The van der Waals surface area contributed by atoms with Crippen molar-refractivity contribution >= 4 is 35.4 Å². The predicted molar refractivity (Wildman–Crippen MR) is 103 cm³/mol. The SMILES string of the molecule is CCCN(c1ccc(C=O)c(C(=O)OC)c1)C1Cc2cnsc2C(=O)N1C. The van der Waals surface area contributed by atoms with Gasteiger partial charge in [0.15, 0.2) is 6.29 Å². The summed E-state index contributed by atoms with van der Waals surface area (Å²) in [5.41, 5.74) is 2.19. The molecule has 0 fully saturated rings. The second-order valence-electron chi connectivity index (χ2n) is 6.36. The van der Waals surface area contributed by atoms with E-state index in [4.69, 9.17) is 4.74 Å². The maximum absolute atomic E-state index is 12.7. The Morgan fingerprint density at radius 1 is 1.48 bits per heavy atom. The Morgan fingerprint density at radius 3 is 2.93 bits per heavy atom. The molecule has 0 saturated carbocycles. The number of carbonyl (C=O) groups is 3. The molecule has 1 aromatic carbocycles. The van der Waals surface area contributed by atoms with Crippen molar-refractivity contribution in [3.63, 3.8) is 0 Å². The number of fused-ring (bicyclic) bond motifs is 1. The monoisotopic (exact) mass is 387 g/mol. The molecule has 1 unspecified atom stereocenters. The lowest BCUT2D eigenvalue weighted by atomic mass is 10.0. The van der Waals surface area contributed by atoms with E-state index in [1.165, 1.54) is 18.6 Å². The molecular formula is C19H21N3O4S. The van der Waals surface area contributed by atoms with Gasteiger partial charge in [0.05, 0.1) is 12.7 Å². The van der Waals surface area contributed by atoms with Gasteiger partial charge in [-0.2, -0.15) is 0 Å². The van der Waals surface area contributed by atoms with Crippen LogP contribution in [0.3, 0.4) is 0 Å². The molecule has 2 aromatic rings. The van der Waals surface area contributed by atoms with Gasteiger partial charge in [-0.3, -0.25) is 9.59 Å². The zero-order valence-corrected chi connectivity index (χ0v) is 16.3. The molecule has 142 valence electrons. The van der Waals surface area contributed by atoms with Crippen LogP contribution in [0.25, 0.3) is 0 Å². The number of hydrogen-bond acceptors (Lipinski definition) is 7. The van der Waals surface area contributed by atoms with Gasteiger partial charge < -0.3 is 14.5 Å². The number of benzene rings is 1. The van der Waals surface area contributed by atoms with Gasteiger partial charge in [0, 0.05) is 37.5 Å². The van der Waals surface area contributed by atoms with Crippen LogP contribution in [-0.4, -0.2) is 54.3 Å². The van der Waals surface area contributed by atoms with Crippen LogP contribution in [-0.2, 0) is 11.2 Å². The minimum atomic E-state index is -0.562. The number of aromatic nitrogens is 1. The third-order valence-electron chi connectivity index (χ3n) is 4.73. The number of likely N-dealkylation sites (N-methyl/N-ethyl adjacent to an activating group) is 1. The van der Waals surface area contributed by atoms with Crippen molar-refractivity contribution in [3.8, 4) is 0 Å². The molecule has 2 heterocycles. The summed E-state index contributed by atoms with van der Waals surface area (Å²) >= 11 is 1.21. The Kier molecular flexibility index (Phi) is 5.55. The summed E-state index contributed by atoms with van der Waals surface area (Å²) in [7, 11) is 3.06. The van der Waals surface area contributed by atoms with Crippen LogP contribution in [0.15, 0.2) is 24.4 Å². The van der Waals surface area contributed by atoms with E-state index in [2.05, 4.69) is 16.2 Å². The molecule has 1 aliphatic rings. The van der Waals surface area contributed by atoms with Crippen molar-refractivity contribution in [2.75, 3.05) is 25.6 Å². The highest BCUT2D eigenvalue weighted by Crippen LogP contribution is 2.30. The van der Waals surface area contributed by atoms with E-state index in [9.17, 15) is 14.4 Å². The van der Waals surface area contributed by atoms with E-state index < -0.39 is 5.97 Å². The van der Waals surface area contributed by atoms with Gasteiger partial charge in [-0.15, -0.1) is 0 Å². The normalized spacial score (nSPS) is 16.0. The summed E-state index contributed by atoms with van der Waals surface area (Å²) in [5.74, 6) is -0.615.